The molecular formula is C40H26N6. The quantitative estimate of drug-likeness (QED) is 0.209. The predicted molar refractivity (Wildman–Crippen MR) is 186 cm³/mol. The monoisotopic (exact) mass is 590 g/mol. The van der Waals surface area contributed by atoms with E-state index < -0.39 is 0 Å². The molecule has 0 saturated carbocycles. The number of aromatic nitrogens is 4. The molecule has 0 radical (unpaired) electrons. The molecule has 5 aromatic carbocycles. The van der Waals surface area contributed by atoms with Crippen LogP contribution in [0.25, 0.3) is 68.0 Å². The van der Waals surface area contributed by atoms with Crippen molar-refractivity contribution in [1.29, 1.82) is 10.8 Å². The summed E-state index contributed by atoms with van der Waals surface area (Å²) in [5.41, 5.74) is 8.67. The van der Waals surface area contributed by atoms with Crippen LogP contribution >= 0.6 is 0 Å². The summed E-state index contributed by atoms with van der Waals surface area (Å²) < 4.78 is 0. The maximum atomic E-state index is 9.16. The number of fused-ring (bicyclic) bond motifs is 3. The van der Waals surface area contributed by atoms with Crippen molar-refractivity contribution in [2.45, 2.75) is 0 Å². The van der Waals surface area contributed by atoms with Gasteiger partial charge >= 0.3 is 0 Å². The van der Waals surface area contributed by atoms with Crippen LogP contribution in [0.4, 0.5) is 0 Å². The Morgan fingerprint density at radius 3 is 1.41 bits per heavy atom. The van der Waals surface area contributed by atoms with E-state index in [-0.39, 0.29) is 11.4 Å². The average Bonchev–Trinajstić information content (AvgIpc) is 3.13. The number of nitrogens with zero attached hydrogens (tertiary/aromatic N) is 4. The highest BCUT2D eigenvalue weighted by molar-refractivity contribution is 6.64. The van der Waals surface area contributed by atoms with Gasteiger partial charge in [0.2, 0.25) is 0 Å². The largest absolute Gasteiger partial charge is 0.298 e. The molecule has 2 heterocycles. The SMILES string of the molecule is N=C1C(=N)c2c(c(-c3ccccc3)nc3ccccc23)C=C1c1ccc(-c2nc(-c3ccccc3)nc(-c3ccccc3)n2)cc1. The van der Waals surface area contributed by atoms with Gasteiger partial charge in [0.25, 0.3) is 0 Å². The second kappa shape index (κ2) is 11.3. The highest BCUT2D eigenvalue weighted by atomic mass is 15.0. The van der Waals surface area contributed by atoms with Crippen LogP contribution in [0.15, 0.2) is 140 Å². The summed E-state index contributed by atoms with van der Waals surface area (Å²) >= 11 is 0. The van der Waals surface area contributed by atoms with Crippen molar-refractivity contribution < 1.29 is 0 Å². The Bertz CT molecular complexity index is 2250. The number of nitrogens with one attached hydrogen (secondary N) is 2. The van der Waals surface area contributed by atoms with Crippen molar-refractivity contribution in [3.8, 4) is 45.4 Å². The minimum absolute atomic E-state index is 0.175. The third-order valence-electron chi connectivity index (χ3n) is 8.19. The lowest BCUT2D eigenvalue weighted by atomic mass is 9.82. The van der Waals surface area contributed by atoms with Crippen LogP contribution in [0.1, 0.15) is 16.7 Å². The highest BCUT2D eigenvalue weighted by Gasteiger charge is 2.27. The molecule has 0 spiro atoms. The molecule has 1 aliphatic rings. The summed E-state index contributed by atoms with van der Waals surface area (Å²) in [6.45, 7) is 0. The lowest BCUT2D eigenvalue weighted by molar-refractivity contribution is 1.07. The van der Waals surface area contributed by atoms with Crippen LogP contribution < -0.4 is 0 Å². The summed E-state index contributed by atoms with van der Waals surface area (Å²) in [5, 5.41) is 19.1. The zero-order valence-electron chi connectivity index (χ0n) is 24.6. The Kier molecular flexibility index (Phi) is 6.65. The fourth-order valence-corrected chi connectivity index (χ4v) is 5.89. The average molecular weight is 591 g/mol. The molecule has 0 bridgehead atoms. The smallest absolute Gasteiger partial charge is 0.164 e. The van der Waals surface area contributed by atoms with Crippen molar-refractivity contribution in [2.24, 2.45) is 0 Å². The van der Waals surface area contributed by atoms with E-state index in [4.69, 9.17) is 30.8 Å². The number of rotatable bonds is 5. The minimum atomic E-state index is 0.175. The second-order valence-electron chi connectivity index (χ2n) is 11.1. The minimum Gasteiger partial charge on any atom is -0.298 e. The van der Waals surface area contributed by atoms with Gasteiger partial charge in [-0.05, 0) is 17.7 Å². The molecule has 8 rings (SSSR count). The molecule has 6 heteroatoms. The molecule has 0 saturated heterocycles. The van der Waals surface area contributed by atoms with Crippen molar-refractivity contribution in [3.05, 3.63) is 156 Å². The Labute approximate surface area is 265 Å². The third-order valence-corrected chi connectivity index (χ3v) is 8.19. The van der Waals surface area contributed by atoms with E-state index in [0.717, 1.165) is 55.5 Å². The van der Waals surface area contributed by atoms with E-state index in [1.807, 2.05) is 146 Å². The first kappa shape index (κ1) is 27.2. The lowest BCUT2D eigenvalue weighted by Gasteiger charge is -2.23. The van der Waals surface area contributed by atoms with E-state index in [2.05, 4.69) is 0 Å². The highest BCUT2D eigenvalue weighted by Crippen LogP contribution is 2.38. The van der Waals surface area contributed by atoms with Crippen LogP contribution in [0.2, 0.25) is 0 Å². The molecule has 0 atom stereocenters. The van der Waals surface area contributed by atoms with Gasteiger partial charge in [-0.3, -0.25) is 10.8 Å². The molecule has 1 aliphatic carbocycles. The summed E-state index contributed by atoms with van der Waals surface area (Å²) in [7, 11) is 0. The maximum Gasteiger partial charge on any atom is 0.164 e. The van der Waals surface area contributed by atoms with E-state index in [1.54, 1.807) is 0 Å². The van der Waals surface area contributed by atoms with Gasteiger partial charge in [0.1, 0.15) is 0 Å². The molecule has 0 amide bonds. The standard InChI is InChI=1S/C40H26N6/c41-35-31(24-32-34(36(35)42)30-18-10-11-19-33(30)43-37(32)26-12-4-1-5-13-26)25-20-22-29(23-21-25)40-45-38(27-14-6-2-7-15-27)44-39(46-40)28-16-8-3-9-17-28/h1-24,41-42H. The molecule has 0 unspecified atom stereocenters. The molecule has 2 N–H and O–H groups in total. The lowest BCUT2D eigenvalue weighted by Crippen LogP contribution is -2.21. The first-order valence-electron chi connectivity index (χ1n) is 15.0. The van der Waals surface area contributed by atoms with Gasteiger partial charge in [-0.15, -0.1) is 0 Å². The topological polar surface area (TPSA) is 99.3 Å². The number of benzene rings is 5. The molecule has 6 nitrogen and oxygen atoms in total. The number of allylic oxidation sites excluding steroid dienone is 1. The van der Waals surface area contributed by atoms with E-state index >= 15 is 0 Å². The molecule has 216 valence electrons. The Morgan fingerprint density at radius 2 is 0.848 bits per heavy atom. The molecule has 0 fully saturated rings. The van der Waals surface area contributed by atoms with Crippen molar-refractivity contribution >= 4 is 34.0 Å². The van der Waals surface area contributed by atoms with Crippen LogP contribution in [-0.4, -0.2) is 31.4 Å². The summed E-state index contributed by atoms with van der Waals surface area (Å²) in [6.07, 6.45) is 2.01. The van der Waals surface area contributed by atoms with Gasteiger partial charge in [0.05, 0.1) is 22.6 Å². The van der Waals surface area contributed by atoms with Gasteiger partial charge in [-0.1, -0.05) is 133 Å². The molecule has 7 aromatic rings. The molecule has 46 heavy (non-hydrogen) atoms. The molecule has 2 aromatic heterocycles. The zero-order chi connectivity index (χ0) is 31.0. The van der Waals surface area contributed by atoms with E-state index in [0.29, 0.717) is 23.0 Å². The number of pyridine rings is 1. The third kappa shape index (κ3) is 4.78. The number of hydrogen-bond acceptors (Lipinski definition) is 6. The fraction of sp³-hybridized carbons (Fsp3) is 0. The van der Waals surface area contributed by atoms with Crippen LogP contribution in [0, 0.1) is 10.8 Å². The van der Waals surface area contributed by atoms with Crippen molar-refractivity contribution in [1.82, 2.24) is 19.9 Å². The summed E-state index contributed by atoms with van der Waals surface area (Å²) in [5.74, 6) is 1.76. The predicted octanol–water partition coefficient (Wildman–Crippen LogP) is 9.03. The van der Waals surface area contributed by atoms with Gasteiger partial charge in [0, 0.05) is 44.3 Å². The van der Waals surface area contributed by atoms with Gasteiger partial charge < -0.3 is 0 Å². The Balaban J connectivity index is 1.25. The van der Waals surface area contributed by atoms with Crippen LogP contribution in [0.5, 0.6) is 0 Å². The Morgan fingerprint density at radius 1 is 0.391 bits per heavy atom. The molecule has 0 aliphatic heterocycles. The van der Waals surface area contributed by atoms with E-state index in [9.17, 15) is 0 Å². The normalized spacial score (nSPS) is 12.6. The number of hydrogen-bond donors (Lipinski definition) is 2. The second-order valence-corrected chi connectivity index (χ2v) is 11.1. The van der Waals surface area contributed by atoms with Gasteiger partial charge in [0.15, 0.2) is 17.5 Å². The fourth-order valence-electron chi connectivity index (χ4n) is 5.89. The van der Waals surface area contributed by atoms with Crippen LogP contribution in [-0.2, 0) is 0 Å². The first-order chi connectivity index (χ1) is 22.6. The summed E-state index contributed by atoms with van der Waals surface area (Å²) in [6, 6.07) is 45.6. The molecular weight excluding hydrogens is 564 g/mol. The van der Waals surface area contributed by atoms with Crippen molar-refractivity contribution in [3.63, 3.8) is 0 Å². The maximum absolute atomic E-state index is 9.16. The van der Waals surface area contributed by atoms with Crippen molar-refractivity contribution in [2.75, 3.05) is 0 Å². The van der Waals surface area contributed by atoms with Gasteiger partial charge in [-0.2, -0.15) is 0 Å². The Hall–Kier alpha value is -6.40. The number of para-hydroxylation sites is 1. The van der Waals surface area contributed by atoms with E-state index in [1.165, 1.54) is 0 Å². The van der Waals surface area contributed by atoms with Gasteiger partial charge in [-0.25, -0.2) is 19.9 Å². The first-order valence-corrected chi connectivity index (χ1v) is 15.0. The summed E-state index contributed by atoms with van der Waals surface area (Å²) in [4.78, 5) is 19.5. The zero-order valence-corrected chi connectivity index (χ0v) is 24.6. The van der Waals surface area contributed by atoms with Crippen LogP contribution in [0.3, 0.4) is 0 Å².